The van der Waals surface area contributed by atoms with Crippen LogP contribution >= 0.6 is 0 Å². The molecule has 2 amide bonds. The number of hydrogen-bond donors (Lipinski definition) is 1. The summed E-state index contributed by atoms with van der Waals surface area (Å²) in [6.45, 7) is 5.35. The van der Waals surface area contributed by atoms with Gasteiger partial charge in [-0.05, 0) is 37.5 Å². The van der Waals surface area contributed by atoms with Gasteiger partial charge in [0, 0.05) is 44.7 Å². The van der Waals surface area contributed by atoms with Gasteiger partial charge in [-0.3, -0.25) is 9.59 Å². The normalized spacial score (nSPS) is 16.3. The molecule has 0 aliphatic carbocycles. The highest BCUT2D eigenvalue weighted by Crippen LogP contribution is 2.21. The Morgan fingerprint density at radius 2 is 1.92 bits per heavy atom. The lowest BCUT2D eigenvalue weighted by atomic mass is 9.97. The highest BCUT2D eigenvalue weighted by molar-refractivity contribution is 7.88. The van der Waals surface area contributed by atoms with Crippen molar-refractivity contribution in [1.82, 2.24) is 9.21 Å². The summed E-state index contributed by atoms with van der Waals surface area (Å²) >= 11 is 0. The molecule has 1 N–H and O–H groups in total. The predicted octanol–water partition coefficient (Wildman–Crippen LogP) is 1.67. The second kappa shape index (κ2) is 8.64. The molecule has 0 radical (unpaired) electrons. The molecular weight excluding hydrogens is 354 g/mol. The fourth-order valence-electron chi connectivity index (χ4n) is 3.11. The maximum absolute atomic E-state index is 12.5. The highest BCUT2D eigenvalue weighted by Gasteiger charge is 2.28. The zero-order valence-corrected chi connectivity index (χ0v) is 16.4. The molecule has 8 heteroatoms. The van der Waals surface area contributed by atoms with Crippen LogP contribution in [0.3, 0.4) is 0 Å². The molecule has 1 aliphatic rings. The van der Waals surface area contributed by atoms with Gasteiger partial charge < -0.3 is 10.2 Å². The Hall–Kier alpha value is -1.93. The van der Waals surface area contributed by atoms with Gasteiger partial charge in [0.05, 0.1) is 6.26 Å². The Kier molecular flexibility index (Phi) is 6.77. The van der Waals surface area contributed by atoms with E-state index in [0.29, 0.717) is 44.7 Å². The number of nitrogens with one attached hydrogen (secondary N) is 1. The van der Waals surface area contributed by atoms with Crippen molar-refractivity contribution in [3.63, 3.8) is 0 Å². The van der Waals surface area contributed by atoms with E-state index in [-0.39, 0.29) is 17.7 Å². The largest absolute Gasteiger partial charge is 0.339 e. The average Bonchev–Trinajstić information content (AvgIpc) is 2.59. The summed E-state index contributed by atoms with van der Waals surface area (Å²) in [4.78, 5) is 25.8. The number of nitrogens with zero attached hydrogens (tertiary/aromatic N) is 2. The fourth-order valence-corrected chi connectivity index (χ4v) is 3.98. The van der Waals surface area contributed by atoms with Crippen molar-refractivity contribution in [3.8, 4) is 0 Å². The van der Waals surface area contributed by atoms with E-state index in [1.54, 1.807) is 4.90 Å². The molecule has 0 unspecified atom stereocenters. The zero-order chi connectivity index (χ0) is 19.3. The van der Waals surface area contributed by atoms with Crippen LogP contribution in [0.2, 0.25) is 0 Å². The molecule has 1 saturated heterocycles. The van der Waals surface area contributed by atoms with Crippen molar-refractivity contribution < 1.29 is 18.0 Å². The Bertz CT molecular complexity index is 755. The van der Waals surface area contributed by atoms with Gasteiger partial charge in [-0.25, -0.2) is 12.7 Å². The zero-order valence-electron chi connectivity index (χ0n) is 15.6. The quantitative estimate of drug-likeness (QED) is 0.812. The van der Waals surface area contributed by atoms with E-state index in [1.165, 1.54) is 17.5 Å². The van der Waals surface area contributed by atoms with E-state index >= 15 is 0 Å². The summed E-state index contributed by atoms with van der Waals surface area (Å²) in [5, 5.41) is 2.92. The van der Waals surface area contributed by atoms with E-state index in [9.17, 15) is 18.0 Å². The van der Waals surface area contributed by atoms with Crippen LogP contribution in [0.4, 0.5) is 5.69 Å². The second-order valence-corrected chi connectivity index (χ2v) is 8.64. The maximum atomic E-state index is 12.5. The topological polar surface area (TPSA) is 86.8 Å². The second-order valence-electron chi connectivity index (χ2n) is 6.66. The summed E-state index contributed by atoms with van der Waals surface area (Å²) in [5.74, 6) is -0.269. The Balaban J connectivity index is 1.95. The van der Waals surface area contributed by atoms with Crippen LogP contribution in [-0.4, -0.2) is 55.3 Å². The van der Waals surface area contributed by atoms with Crippen LogP contribution in [-0.2, 0) is 26.2 Å². The number of hydrogen-bond acceptors (Lipinski definition) is 4. The molecule has 0 atom stereocenters. The number of anilines is 1. The van der Waals surface area contributed by atoms with Crippen LogP contribution in [0, 0.1) is 5.92 Å². The predicted molar refractivity (Wildman–Crippen MR) is 101 cm³/mol. The molecule has 1 aromatic carbocycles. The van der Waals surface area contributed by atoms with Crippen LogP contribution in [0.1, 0.15) is 32.3 Å². The van der Waals surface area contributed by atoms with Gasteiger partial charge in [0.15, 0.2) is 0 Å². The minimum absolute atomic E-state index is 0.0135. The van der Waals surface area contributed by atoms with Gasteiger partial charge in [-0.15, -0.1) is 0 Å². The molecule has 1 aromatic rings. The number of carbonyl (C=O) groups is 2. The molecular formula is C18H27N3O4S. The fraction of sp³-hybridized carbons (Fsp3) is 0.556. The van der Waals surface area contributed by atoms with Crippen LogP contribution in [0.5, 0.6) is 0 Å². The standard InChI is InChI=1S/C18H27N3O4S/c1-4-20(14(2)22)13-15-6-5-7-17(12-15)19-18(23)16-8-10-21(11-9-16)26(3,24)25/h5-7,12,16H,4,8-11,13H2,1-3H3,(H,19,23). The van der Waals surface area contributed by atoms with E-state index < -0.39 is 10.0 Å². The minimum atomic E-state index is -3.19. The Labute approximate surface area is 155 Å². The molecule has 144 valence electrons. The van der Waals surface area contributed by atoms with E-state index in [1.807, 2.05) is 31.2 Å². The van der Waals surface area contributed by atoms with Gasteiger partial charge in [0.1, 0.15) is 0 Å². The first-order valence-electron chi connectivity index (χ1n) is 8.81. The Morgan fingerprint density at radius 1 is 1.27 bits per heavy atom. The lowest BCUT2D eigenvalue weighted by Crippen LogP contribution is -2.40. The third-order valence-corrected chi connectivity index (χ3v) is 5.99. The van der Waals surface area contributed by atoms with Crippen LogP contribution in [0.25, 0.3) is 0 Å². The summed E-state index contributed by atoms with van der Waals surface area (Å²) < 4.78 is 24.5. The number of amides is 2. The molecule has 1 aliphatic heterocycles. The number of piperidine rings is 1. The summed E-state index contributed by atoms with van der Waals surface area (Å²) in [6, 6.07) is 7.46. The van der Waals surface area contributed by atoms with E-state index in [4.69, 9.17) is 0 Å². The first-order valence-corrected chi connectivity index (χ1v) is 10.7. The minimum Gasteiger partial charge on any atom is -0.339 e. The lowest BCUT2D eigenvalue weighted by Gasteiger charge is -2.29. The molecule has 1 fully saturated rings. The SMILES string of the molecule is CCN(Cc1cccc(NC(=O)C2CCN(S(C)(=O)=O)CC2)c1)C(C)=O. The molecule has 0 spiro atoms. The monoisotopic (exact) mass is 381 g/mol. The van der Waals surface area contributed by atoms with Crippen LogP contribution in [0.15, 0.2) is 24.3 Å². The van der Waals surface area contributed by atoms with Gasteiger partial charge in [0.25, 0.3) is 0 Å². The third-order valence-electron chi connectivity index (χ3n) is 4.69. The van der Waals surface area contributed by atoms with Crippen molar-refractivity contribution in [3.05, 3.63) is 29.8 Å². The molecule has 2 rings (SSSR count). The van der Waals surface area contributed by atoms with Gasteiger partial charge in [-0.2, -0.15) is 0 Å². The summed E-state index contributed by atoms with van der Waals surface area (Å²) in [5.41, 5.74) is 1.64. The van der Waals surface area contributed by atoms with Crippen LogP contribution < -0.4 is 5.32 Å². The van der Waals surface area contributed by atoms with Gasteiger partial charge in [-0.1, -0.05) is 12.1 Å². The lowest BCUT2D eigenvalue weighted by molar-refractivity contribution is -0.129. The Morgan fingerprint density at radius 3 is 2.46 bits per heavy atom. The van der Waals surface area contributed by atoms with Crippen molar-refractivity contribution in [2.75, 3.05) is 31.2 Å². The van der Waals surface area contributed by atoms with E-state index in [0.717, 1.165) is 5.56 Å². The van der Waals surface area contributed by atoms with Crippen molar-refractivity contribution in [2.45, 2.75) is 33.2 Å². The number of rotatable bonds is 6. The van der Waals surface area contributed by atoms with E-state index in [2.05, 4.69) is 5.32 Å². The van der Waals surface area contributed by atoms with Gasteiger partial charge in [0.2, 0.25) is 21.8 Å². The number of benzene rings is 1. The molecule has 0 aromatic heterocycles. The summed E-state index contributed by atoms with van der Waals surface area (Å²) in [7, 11) is -3.19. The van der Waals surface area contributed by atoms with Crippen molar-refractivity contribution in [1.29, 1.82) is 0 Å². The average molecular weight is 381 g/mol. The van der Waals surface area contributed by atoms with Crippen molar-refractivity contribution >= 4 is 27.5 Å². The molecule has 0 bridgehead atoms. The first kappa shape index (κ1) is 20.4. The van der Waals surface area contributed by atoms with Gasteiger partial charge >= 0.3 is 0 Å². The molecule has 7 nitrogen and oxygen atoms in total. The highest BCUT2D eigenvalue weighted by atomic mass is 32.2. The molecule has 26 heavy (non-hydrogen) atoms. The number of carbonyl (C=O) groups excluding carboxylic acids is 2. The smallest absolute Gasteiger partial charge is 0.227 e. The first-order chi connectivity index (χ1) is 12.2. The molecule has 0 saturated carbocycles. The third kappa shape index (κ3) is 5.54. The van der Waals surface area contributed by atoms with Crippen molar-refractivity contribution in [2.24, 2.45) is 5.92 Å². The molecule has 1 heterocycles. The maximum Gasteiger partial charge on any atom is 0.227 e. The number of sulfonamides is 1. The summed E-state index contributed by atoms with van der Waals surface area (Å²) in [6.07, 6.45) is 2.23.